The van der Waals surface area contributed by atoms with Gasteiger partial charge in [-0.15, -0.1) is 0 Å². The number of hydrogen-bond donors (Lipinski definition) is 0. The molecular formula is C15H12F6N2O2. The minimum absolute atomic E-state index is 0.0224. The first-order chi connectivity index (χ1) is 11.4. The molecule has 0 aliphatic heterocycles. The molecule has 2 aromatic rings. The lowest BCUT2D eigenvalue weighted by molar-refractivity contribution is -0.143. The van der Waals surface area contributed by atoms with Crippen LogP contribution in [0.5, 0.6) is 0 Å². The molecule has 0 bridgehead atoms. The quantitative estimate of drug-likeness (QED) is 0.598. The fraction of sp³-hybridized carbons (Fsp3) is 0.333. The van der Waals surface area contributed by atoms with E-state index in [9.17, 15) is 31.1 Å². The first-order valence-electron chi connectivity index (χ1n) is 6.96. The Bertz CT molecular complexity index is 760. The highest BCUT2D eigenvalue weighted by molar-refractivity contribution is 5.90. The average molecular weight is 366 g/mol. The number of nitrogens with zero attached hydrogens (tertiary/aromatic N) is 2. The molecule has 0 aliphatic carbocycles. The van der Waals surface area contributed by atoms with Gasteiger partial charge in [0, 0.05) is 0 Å². The molecule has 0 spiro atoms. The van der Waals surface area contributed by atoms with Crippen LogP contribution in [0.2, 0.25) is 0 Å². The van der Waals surface area contributed by atoms with E-state index >= 15 is 0 Å². The van der Waals surface area contributed by atoms with Crippen LogP contribution in [0.25, 0.3) is 5.69 Å². The summed E-state index contributed by atoms with van der Waals surface area (Å²) in [4.78, 5) is 11.7. The molecule has 0 unspecified atom stereocenters. The van der Waals surface area contributed by atoms with Crippen molar-refractivity contribution in [2.24, 2.45) is 0 Å². The van der Waals surface area contributed by atoms with Crippen LogP contribution in [0.4, 0.5) is 26.3 Å². The monoisotopic (exact) mass is 366 g/mol. The molecule has 25 heavy (non-hydrogen) atoms. The Morgan fingerprint density at radius 1 is 1.08 bits per heavy atom. The van der Waals surface area contributed by atoms with Crippen LogP contribution >= 0.6 is 0 Å². The van der Waals surface area contributed by atoms with E-state index in [4.69, 9.17) is 4.74 Å². The number of alkyl halides is 6. The Hall–Kier alpha value is -2.52. The van der Waals surface area contributed by atoms with Gasteiger partial charge in [0.05, 0.1) is 35.3 Å². The molecule has 1 aromatic heterocycles. The molecule has 0 aliphatic rings. The van der Waals surface area contributed by atoms with Gasteiger partial charge >= 0.3 is 18.3 Å². The predicted octanol–water partition coefficient (Wildman–Crippen LogP) is 4.40. The summed E-state index contributed by atoms with van der Waals surface area (Å²) < 4.78 is 83.1. The largest absolute Gasteiger partial charge is 0.462 e. The van der Waals surface area contributed by atoms with Crippen molar-refractivity contribution >= 4 is 5.97 Å². The second-order valence-electron chi connectivity index (χ2n) is 5.04. The van der Waals surface area contributed by atoms with Crippen molar-refractivity contribution < 1.29 is 35.9 Å². The molecule has 0 fully saturated rings. The van der Waals surface area contributed by atoms with Gasteiger partial charge in [0.15, 0.2) is 0 Å². The molecule has 0 N–H and O–H groups in total. The van der Waals surface area contributed by atoms with Gasteiger partial charge < -0.3 is 4.74 Å². The molecule has 136 valence electrons. The van der Waals surface area contributed by atoms with Crippen LogP contribution in [0.1, 0.15) is 34.1 Å². The molecule has 0 amide bonds. The number of esters is 1. The van der Waals surface area contributed by atoms with Gasteiger partial charge in [0.1, 0.15) is 5.56 Å². The molecule has 0 saturated carbocycles. The number of aromatic nitrogens is 2. The minimum Gasteiger partial charge on any atom is -0.462 e. The van der Waals surface area contributed by atoms with Crippen LogP contribution in [-0.4, -0.2) is 22.4 Å². The summed E-state index contributed by atoms with van der Waals surface area (Å²) in [5, 5.41) is 3.72. The van der Waals surface area contributed by atoms with E-state index in [1.807, 2.05) is 0 Å². The fourth-order valence-corrected chi connectivity index (χ4v) is 2.14. The van der Waals surface area contributed by atoms with Gasteiger partial charge in [-0.3, -0.25) is 0 Å². The molecule has 1 heterocycles. The number of rotatable bonds is 3. The van der Waals surface area contributed by atoms with Crippen LogP contribution in [-0.2, 0) is 17.1 Å². The molecule has 4 nitrogen and oxygen atoms in total. The Morgan fingerprint density at radius 3 is 2.04 bits per heavy atom. The maximum atomic E-state index is 12.9. The van der Waals surface area contributed by atoms with E-state index in [1.165, 1.54) is 6.92 Å². The summed E-state index contributed by atoms with van der Waals surface area (Å²) in [5.41, 5.74) is -3.39. The molecule has 0 radical (unpaired) electrons. The normalized spacial score (nSPS) is 12.3. The van der Waals surface area contributed by atoms with Gasteiger partial charge in [0.25, 0.3) is 0 Å². The smallest absolute Gasteiger partial charge is 0.416 e. The Labute approximate surface area is 138 Å². The van der Waals surface area contributed by atoms with Gasteiger partial charge in [-0.2, -0.15) is 31.4 Å². The third-order valence-corrected chi connectivity index (χ3v) is 3.32. The van der Waals surface area contributed by atoms with E-state index in [2.05, 4.69) is 5.10 Å². The third-order valence-electron chi connectivity index (χ3n) is 3.32. The van der Waals surface area contributed by atoms with Crippen molar-refractivity contribution in [1.29, 1.82) is 0 Å². The molecule has 0 atom stereocenters. The highest BCUT2D eigenvalue weighted by atomic mass is 19.4. The zero-order chi connectivity index (χ0) is 19.0. The maximum absolute atomic E-state index is 12.9. The van der Waals surface area contributed by atoms with Crippen molar-refractivity contribution in [3.63, 3.8) is 0 Å². The van der Waals surface area contributed by atoms with Gasteiger partial charge in [-0.25, -0.2) is 9.48 Å². The first kappa shape index (κ1) is 18.8. The summed E-state index contributed by atoms with van der Waals surface area (Å²) in [7, 11) is 0. The molecule has 2 rings (SSSR count). The Balaban J connectivity index is 2.61. The zero-order valence-corrected chi connectivity index (χ0v) is 13.0. The number of ether oxygens (including phenoxy) is 1. The standard InChI is InChI=1S/C15H12F6N2O2/c1-3-25-13(24)12-7-22-23(8(12)2)11-5-9(14(16,17)18)4-10(6-11)15(19,20)21/h4-7H,3H2,1-2H3. The van der Waals surface area contributed by atoms with Crippen LogP contribution in [0, 0.1) is 6.92 Å². The predicted molar refractivity (Wildman–Crippen MR) is 74.3 cm³/mol. The summed E-state index contributed by atoms with van der Waals surface area (Å²) in [6, 6.07) is 1.09. The van der Waals surface area contributed by atoms with Crippen LogP contribution < -0.4 is 0 Å². The first-order valence-corrected chi connectivity index (χ1v) is 6.96. The second-order valence-corrected chi connectivity index (χ2v) is 5.04. The zero-order valence-electron chi connectivity index (χ0n) is 13.0. The van der Waals surface area contributed by atoms with E-state index in [-0.39, 0.29) is 23.9 Å². The van der Waals surface area contributed by atoms with Crippen molar-refractivity contribution in [1.82, 2.24) is 9.78 Å². The Morgan fingerprint density at radius 2 is 1.60 bits per heavy atom. The topological polar surface area (TPSA) is 44.1 Å². The highest BCUT2D eigenvalue weighted by Crippen LogP contribution is 2.37. The molecule has 10 heteroatoms. The third kappa shape index (κ3) is 3.94. The Kier molecular flexibility index (Phi) is 4.83. The van der Waals surface area contributed by atoms with E-state index < -0.39 is 35.1 Å². The van der Waals surface area contributed by atoms with Crippen molar-refractivity contribution in [2.75, 3.05) is 6.61 Å². The van der Waals surface area contributed by atoms with Gasteiger partial charge in [-0.1, -0.05) is 0 Å². The van der Waals surface area contributed by atoms with Gasteiger partial charge in [-0.05, 0) is 32.0 Å². The minimum atomic E-state index is -4.97. The molecule has 1 aromatic carbocycles. The van der Waals surface area contributed by atoms with Crippen LogP contribution in [0.15, 0.2) is 24.4 Å². The number of hydrogen-bond acceptors (Lipinski definition) is 3. The lowest BCUT2D eigenvalue weighted by Crippen LogP contribution is -2.13. The van der Waals surface area contributed by atoms with Crippen LogP contribution in [0.3, 0.4) is 0 Å². The highest BCUT2D eigenvalue weighted by Gasteiger charge is 2.37. The fourth-order valence-electron chi connectivity index (χ4n) is 2.14. The summed E-state index contributed by atoms with van der Waals surface area (Å²) in [6.07, 6.45) is -8.91. The SMILES string of the molecule is CCOC(=O)c1cnn(-c2cc(C(F)(F)F)cc(C(F)(F)F)c2)c1C. The average Bonchev–Trinajstić information content (AvgIpc) is 2.87. The summed E-state index contributed by atoms with van der Waals surface area (Å²) in [5.74, 6) is -0.769. The number of benzene rings is 1. The van der Waals surface area contributed by atoms with Gasteiger partial charge in [0.2, 0.25) is 0 Å². The molecule has 0 saturated heterocycles. The molecular weight excluding hydrogens is 354 g/mol. The lowest BCUT2D eigenvalue weighted by Gasteiger charge is -2.15. The lowest BCUT2D eigenvalue weighted by atomic mass is 10.1. The van der Waals surface area contributed by atoms with E-state index in [0.29, 0.717) is 12.1 Å². The second kappa shape index (κ2) is 6.41. The van der Waals surface area contributed by atoms with Crippen molar-refractivity contribution in [2.45, 2.75) is 26.2 Å². The van der Waals surface area contributed by atoms with E-state index in [1.54, 1.807) is 6.92 Å². The number of carbonyl (C=O) groups excluding carboxylic acids is 1. The number of halogens is 6. The van der Waals surface area contributed by atoms with Crippen molar-refractivity contribution in [3.8, 4) is 5.69 Å². The summed E-state index contributed by atoms with van der Waals surface area (Å²) in [6.45, 7) is 2.96. The maximum Gasteiger partial charge on any atom is 0.416 e. The van der Waals surface area contributed by atoms with E-state index in [0.717, 1.165) is 10.9 Å². The summed E-state index contributed by atoms with van der Waals surface area (Å²) >= 11 is 0. The van der Waals surface area contributed by atoms with Crippen molar-refractivity contribution in [3.05, 3.63) is 46.8 Å². The number of carbonyl (C=O) groups is 1.